The molecule has 2 rings (SSSR count). The first-order valence-corrected chi connectivity index (χ1v) is 8.59. The second-order valence-electron chi connectivity index (χ2n) is 5.20. The fourth-order valence-electron chi connectivity index (χ4n) is 2.33. The molecule has 110 valence electrons. The van der Waals surface area contributed by atoms with E-state index in [9.17, 15) is 4.79 Å². The second kappa shape index (κ2) is 8.32. The van der Waals surface area contributed by atoms with Crippen molar-refractivity contribution >= 4 is 17.7 Å². The van der Waals surface area contributed by atoms with Crippen LogP contribution in [0.1, 0.15) is 24.5 Å². The Hall–Kier alpha value is -1.00. The molecule has 0 bridgehead atoms. The third-order valence-corrected chi connectivity index (χ3v) is 4.73. The molecular weight excluding hydrogens is 268 g/mol. The number of aryl methyl sites for hydroxylation is 1. The molecule has 1 aromatic rings. The van der Waals surface area contributed by atoms with Crippen LogP contribution >= 0.6 is 11.8 Å². The number of hydrogen-bond acceptors (Lipinski definition) is 3. The second-order valence-corrected chi connectivity index (χ2v) is 6.35. The normalized spacial score (nSPS) is 18.8. The molecule has 0 aliphatic carbocycles. The molecule has 1 amide bonds. The average molecular weight is 292 g/mol. The van der Waals surface area contributed by atoms with E-state index in [2.05, 4.69) is 41.8 Å². The third kappa shape index (κ3) is 5.17. The Morgan fingerprint density at radius 1 is 1.35 bits per heavy atom. The molecular formula is C16H24N2OS. The predicted octanol–water partition coefficient (Wildman–Crippen LogP) is 2.00. The Morgan fingerprint density at radius 3 is 2.75 bits per heavy atom. The molecule has 1 fully saturated rings. The Labute approximate surface area is 125 Å². The van der Waals surface area contributed by atoms with Crippen molar-refractivity contribution in [2.75, 3.05) is 24.6 Å². The zero-order valence-electron chi connectivity index (χ0n) is 12.2. The fourth-order valence-corrected chi connectivity index (χ4v) is 3.28. The molecule has 4 heteroatoms. The van der Waals surface area contributed by atoms with Crippen LogP contribution in [0.5, 0.6) is 0 Å². The van der Waals surface area contributed by atoms with Gasteiger partial charge in [-0.3, -0.25) is 4.79 Å². The average Bonchev–Trinajstić information content (AvgIpc) is 2.49. The van der Waals surface area contributed by atoms with Crippen LogP contribution in [0, 0.1) is 0 Å². The third-order valence-electron chi connectivity index (χ3n) is 3.60. The summed E-state index contributed by atoms with van der Waals surface area (Å²) in [5, 5.41) is 6.41. The number of carbonyl (C=O) groups is 1. The van der Waals surface area contributed by atoms with Crippen molar-refractivity contribution in [1.29, 1.82) is 0 Å². The lowest BCUT2D eigenvalue weighted by molar-refractivity contribution is -0.121. The lowest BCUT2D eigenvalue weighted by Gasteiger charge is -2.22. The maximum atomic E-state index is 11.8. The van der Waals surface area contributed by atoms with Crippen LogP contribution in [-0.2, 0) is 17.6 Å². The van der Waals surface area contributed by atoms with E-state index >= 15 is 0 Å². The molecule has 0 radical (unpaired) electrons. The van der Waals surface area contributed by atoms with Crippen molar-refractivity contribution in [3.8, 4) is 0 Å². The van der Waals surface area contributed by atoms with Crippen LogP contribution in [-0.4, -0.2) is 36.5 Å². The number of benzene rings is 1. The number of rotatable bonds is 6. The van der Waals surface area contributed by atoms with Gasteiger partial charge in [-0.15, -0.1) is 0 Å². The largest absolute Gasteiger partial charge is 0.356 e. The highest BCUT2D eigenvalue weighted by Crippen LogP contribution is 2.10. The Balaban J connectivity index is 1.65. The Kier molecular flexibility index (Phi) is 6.40. The highest BCUT2D eigenvalue weighted by Gasteiger charge is 2.16. The number of nitrogens with one attached hydrogen (secondary N) is 2. The number of thioether (sulfide) groups is 1. The van der Waals surface area contributed by atoms with Crippen LogP contribution in [0.4, 0.5) is 0 Å². The molecule has 0 spiro atoms. The van der Waals surface area contributed by atoms with Crippen molar-refractivity contribution < 1.29 is 4.79 Å². The quantitative estimate of drug-likeness (QED) is 0.842. The SMILES string of the molecule is CCc1ccc(CCNC(=O)CC2CSCCN2)cc1. The number of hydrogen-bond donors (Lipinski definition) is 2. The molecule has 1 aliphatic heterocycles. The highest BCUT2D eigenvalue weighted by molar-refractivity contribution is 7.99. The smallest absolute Gasteiger partial charge is 0.221 e. The summed E-state index contributed by atoms with van der Waals surface area (Å²) in [7, 11) is 0. The van der Waals surface area contributed by atoms with Gasteiger partial charge in [-0.2, -0.15) is 11.8 Å². The minimum absolute atomic E-state index is 0.162. The zero-order valence-corrected chi connectivity index (χ0v) is 13.0. The van der Waals surface area contributed by atoms with Gasteiger partial charge in [-0.05, 0) is 24.0 Å². The number of amides is 1. The minimum atomic E-state index is 0.162. The van der Waals surface area contributed by atoms with Crippen molar-refractivity contribution in [3.05, 3.63) is 35.4 Å². The summed E-state index contributed by atoms with van der Waals surface area (Å²) in [6, 6.07) is 8.99. The van der Waals surface area contributed by atoms with E-state index in [4.69, 9.17) is 0 Å². The van der Waals surface area contributed by atoms with Crippen molar-refractivity contribution in [2.45, 2.75) is 32.2 Å². The van der Waals surface area contributed by atoms with Gasteiger partial charge in [0.05, 0.1) is 0 Å². The molecule has 2 N–H and O–H groups in total. The monoisotopic (exact) mass is 292 g/mol. The van der Waals surface area contributed by atoms with E-state index in [1.807, 2.05) is 11.8 Å². The molecule has 0 aromatic heterocycles. The molecule has 1 saturated heterocycles. The van der Waals surface area contributed by atoms with Gasteiger partial charge in [0.2, 0.25) is 5.91 Å². The maximum Gasteiger partial charge on any atom is 0.221 e. The van der Waals surface area contributed by atoms with E-state index in [-0.39, 0.29) is 5.91 Å². The summed E-state index contributed by atoms with van der Waals surface area (Å²) in [4.78, 5) is 11.8. The molecule has 1 aliphatic rings. The van der Waals surface area contributed by atoms with Crippen LogP contribution in [0.25, 0.3) is 0 Å². The van der Waals surface area contributed by atoms with E-state index in [0.29, 0.717) is 12.5 Å². The molecule has 0 saturated carbocycles. The summed E-state index contributed by atoms with van der Waals surface area (Å²) in [6.45, 7) is 3.91. The zero-order chi connectivity index (χ0) is 14.2. The van der Waals surface area contributed by atoms with Crippen molar-refractivity contribution in [3.63, 3.8) is 0 Å². The van der Waals surface area contributed by atoms with Crippen molar-refractivity contribution in [1.82, 2.24) is 10.6 Å². The van der Waals surface area contributed by atoms with E-state index in [1.165, 1.54) is 11.1 Å². The first kappa shape index (κ1) is 15.4. The minimum Gasteiger partial charge on any atom is -0.356 e. The Morgan fingerprint density at radius 2 is 2.10 bits per heavy atom. The summed E-state index contributed by atoms with van der Waals surface area (Å²) >= 11 is 1.93. The van der Waals surface area contributed by atoms with Gasteiger partial charge in [-0.1, -0.05) is 31.2 Å². The molecule has 20 heavy (non-hydrogen) atoms. The molecule has 1 atom stereocenters. The number of carbonyl (C=O) groups excluding carboxylic acids is 1. The summed E-state index contributed by atoms with van der Waals surface area (Å²) < 4.78 is 0. The highest BCUT2D eigenvalue weighted by atomic mass is 32.2. The standard InChI is InChI=1S/C16H24N2OS/c1-2-13-3-5-14(6-4-13)7-8-18-16(19)11-15-12-20-10-9-17-15/h3-6,15,17H,2,7-12H2,1H3,(H,18,19). The van der Waals surface area contributed by atoms with Gasteiger partial charge in [0.15, 0.2) is 0 Å². The molecule has 1 aromatic carbocycles. The summed E-state index contributed by atoms with van der Waals surface area (Å²) in [5.74, 6) is 2.37. The van der Waals surface area contributed by atoms with Gasteiger partial charge < -0.3 is 10.6 Å². The van der Waals surface area contributed by atoms with Crippen LogP contribution in [0.2, 0.25) is 0 Å². The van der Waals surface area contributed by atoms with Gasteiger partial charge in [-0.25, -0.2) is 0 Å². The molecule has 3 nitrogen and oxygen atoms in total. The summed E-state index contributed by atoms with van der Waals surface area (Å²) in [5.41, 5.74) is 2.65. The molecule has 1 heterocycles. The topological polar surface area (TPSA) is 41.1 Å². The van der Waals surface area contributed by atoms with E-state index in [0.717, 1.165) is 37.4 Å². The van der Waals surface area contributed by atoms with Gasteiger partial charge >= 0.3 is 0 Å². The van der Waals surface area contributed by atoms with Crippen LogP contribution < -0.4 is 10.6 Å². The summed E-state index contributed by atoms with van der Waals surface area (Å²) in [6.07, 6.45) is 2.58. The lowest BCUT2D eigenvalue weighted by Crippen LogP contribution is -2.41. The Bertz CT molecular complexity index is 413. The van der Waals surface area contributed by atoms with Crippen LogP contribution in [0.15, 0.2) is 24.3 Å². The lowest BCUT2D eigenvalue weighted by atomic mass is 10.1. The van der Waals surface area contributed by atoms with Gasteiger partial charge in [0.25, 0.3) is 0 Å². The fraction of sp³-hybridized carbons (Fsp3) is 0.562. The first-order valence-electron chi connectivity index (χ1n) is 7.43. The molecule has 1 unspecified atom stereocenters. The van der Waals surface area contributed by atoms with Gasteiger partial charge in [0, 0.05) is 37.1 Å². The predicted molar refractivity (Wildman–Crippen MR) is 86.3 cm³/mol. The maximum absolute atomic E-state index is 11.8. The van der Waals surface area contributed by atoms with E-state index < -0.39 is 0 Å². The van der Waals surface area contributed by atoms with Gasteiger partial charge in [0.1, 0.15) is 0 Å². The first-order chi connectivity index (χ1) is 9.78. The van der Waals surface area contributed by atoms with Crippen LogP contribution in [0.3, 0.4) is 0 Å². The van der Waals surface area contributed by atoms with Crippen molar-refractivity contribution in [2.24, 2.45) is 0 Å². The van der Waals surface area contributed by atoms with E-state index in [1.54, 1.807) is 0 Å².